The number of halogens is 1. The molecule has 1 amide bonds. The van der Waals surface area contributed by atoms with E-state index in [2.05, 4.69) is 16.9 Å². The fourth-order valence-electron chi connectivity index (χ4n) is 0.639. The summed E-state index contributed by atoms with van der Waals surface area (Å²) in [6, 6.07) is 8.59. The highest BCUT2D eigenvalue weighted by Gasteiger charge is 1.85. The van der Waals surface area contributed by atoms with E-state index in [1.54, 1.807) is 30.3 Å². The van der Waals surface area contributed by atoms with Gasteiger partial charge in [-0.25, -0.2) is 0 Å². The van der Waals surface area contributed by atoms with Gasteiger partial charge in [0.05, 0.1) is 0 Å². The van der Waals surface area contributed by atoms with Crippen molar-refractivity contribution in [2.45, 2.75) is 0 Å². The first kappa shape index (κ1) is 12.2. The molecule has 14 heavy (non-hydrogen) atoms. The first-order valence-electron chi connectivity index (χ1n) is 3.42. The van der Waals surface area contributed by atoms with E-state index in [0.717, 1.165) is 0 Å². The summed E-state index contributed by atoms with van der Waals surface area (Å²) in [6.45, 7) is 0. The molecule has 0 saturated heterocycles. The van der Waals surface area contributed by atoms with Crippen LogP contribution in [0, 0.1) is 0 Å². The summed E-state index contributed by atoms with van der Waals surface area (Å²) in [6.07, 6.45) is -1.29. The lowest BCUT2D eigenvalue weighted by Crippen LogP contribution is -2.28. The minimum atomic E-state index is -1.61. The zero-order valence-electron chi connectivity index (χ0n) is 6.90. The maximum absolute atomic E-state index is 9.95. The molecule has 0 saturated carbocycles. The fraction of sp³-hybridized carbons (Fsp3) is 0. The van der Waals surface area contributed by atoms with Crippen molar-refractivity contribution in [3.05, 3.63) is 30.3 Å². The van der Waals surface area contributed by atoms with Crippen molar-refractivity contribution in [1.82, 2.24) is 0 Å². The molecule has 0 heterocycles. The van der Waals surface area contributed by atoms with Gasteiger partial charge in [-0.05, 0) is 12.1 Å². The van der Waals surface area contributed by atoms with Gasteiger partial charge in [0, 0.05) is 5.69 Å². The second-order valence-corrected chi connectivity index (χ2v) is 2.32. The van der Waals surface area contributed by atoms with E-state index in [4.69, 9.17) is 9.90 Å². The van der Waals surface area contributed by atoms with Gasteiger partial charge < -0.3 is 25.1 Å². The molecule has 0 bridgehead atoms. The maximum atomic E-state index is 9.95. The molecule has 76 valence electrons. The number of rotatable bonds is 1. The zero-order chi connectivity index (χ0) is 11.0. The van der Waals surface area contributed by atoms with E-state index < -0.39 is 11.5 Å². The van der Waals surface area contributed by atoms with Gasteiger partial charge in [-0.1, -0.05) is 29.8 Å². The Morgan fingerprint density at radius 1 is 1.14 bits per heavy atom. The van der Waals surface area contributed by atoms with E-state index in [1.165, 1.54) is 0 Å². The van der Waals surface area contributed by atoms with Gasteiger partial charge >= 0.3 is 0 Å². The van der Waals surface area contributed by atoms with Crippen molar-refractivity contribution >= 4 is 28.8 Å². The number of benzene rings is 1. The quantitative estimate of drug-likeness (QED) is 0.668. The second kappa shape index (κ2) is 6.73. The number of carbonyl (C=O) groups excluding carboxylic acids is 2. The molecule has 5 nitrogen and oxygen atoms in total. The van der Waals surface area contributed by atoms with E-state index in [-0.39, 0.29) is 0 Å². The van der Waals surface area contributed by atoms with Gasteiger partial charge in [0.2, 0.25) is 0 Å². The number of nitrogens with one attached hydrogen (secondary N) is 1. The SMILES string of the molecule is O=C([O-])Cl.O=C([O-])Nc1ccccc1. The number of hydrogen-bond acceptors (Lipinski definition) is 4. The van der Waals surface area contributed by atoms with Crippen molar-refractivity contribution in [1.29, 1.82) is 0 Å². The molecule has 0 unspecified atom stereocenters. The lowest BCUT2D eigenvalue weighted by Gasteiger charge is -2.04. The molecular formula is C8H6ClNO4-2. The van der Waals surface area contributed by atoms with Crippen LogP contribution in [0.3, 0.4) is 0 Å². The standard InChI is InChI=1S/C7H7NO2.CHClO2/c9-7(10)8-6-4-2-1-3-5-6;2-1(3)4/h1-5,8H,(H,9,10);(H,3,4)/p-2. The smallest absolute Gasteiger partial charge is 0.138 e. The largest absolute Gasteiger partial charge is 0.534 e. The Bertz CT molecular complexity index is 297. The van der Waals surface area contributed by atoms with Crippen LogP contribution < -0.4 is 15.5 Å². The van der Waals surface area contributed by atoms with E-state index in [1.807, 2.05) is 0 Å². The maximum Gasteiger partial charge on any atom is 0.138 e. The number of amides is 1. The molecule has 1 aromatic carbocycles. The Morgan fingerprint density at radius 3 is 1.93 bits per heavy atom. The Morgan fingerprint density at radius 2 is 1.57 bits per heavy atom. The number of carbonyl (C=O) groups is 2. The summed E-state index contributed by atoms with van der Waals surface area (Å²) in [5.41, 5.74) is -1.08. The second-order valence-electron chi connectivity index (χ2n) is 2.02. The Kier molecular flexibility index (Phi) is 5.89. The van der Waals surface area contributed by atoms with Crippen molar-refractivity contribution < 1.29 is 19.8 Å². The number of anilines is 1. The minimum absolute atomic E-state index is 0.530. The molecule has 1 aromatic rings. The van der Waals surface area contributed by atoms with Crippen LogP contribution in [0.1, 0.15) is 0 Å². The highest BCUT2D eigenvalue weighted by Crippen LogP contribution is 2.02. The fourth-order valence-corrected chi connectivity index (χ4v) is 0.639. The Labute approximate surface area is 84.9 Å². The van der Waals surface area contributed by atoms with Crippen LogP contribution in [-0.4, -0.2) is 11.5 Å². The average molecular weight is 216 g/mol. The minimum Gasteiger partial charge on any atom is -0.534 e. The topological polar surface area (TPSA) is 92.3 Å². The molecule has 0 aromatic heterocycles. The van der Waals surface area contributed by atoms with Gasteiger partial charge in [-0.15, -0.1) is 0 Å². The van der Waals surface area contributed by atoms with Crippen LogP contribution in [-0.2, 0) is 0 Å². The number of hydrogen-bond donors (Lipinski definition) is 1. The Hall–Kier alpha value is -1.75. The first-order valence-corrected chi connectivity index (χ1v) is 3.79. The van der Waals surface area contributed by atoms with Crippen LogP contribution >= 0.6 is 11.6 Å². The molecule has 1 rings (SSSR count). The third kappa shape index (κ3) is 8.35. The number of para-hydroxylation sites is 1. The van der Waals surface area contributed by atoms with Crippen molar-refractivity contribution in [2.75, 3.05) is 5.32 Å². The van der Waals surface area contributed by atoms with Crippen molar-refractivity contribution in [3.8, 4) is 0 Å². The summed E-state index contributed by atoms with van der Waals surface area (Å²) in [5.74, 6) is 0. The summed E-state index contributed by atoms with van der Waals surface area (Å²) in [4.78, 5) is 18.6. The van der Waals surface area contributed by atoms with Gasteiger partial charge in [-0.2, -0.15) is 0 Å². The van der Waals surface area contributed by atoms with Gasteiger partial charge in [0.15, 0.2) is 0 Å². The summed E-state index contributed by atoms with van der Waals surface area (Å²) in [7, 11) is 0. The molecule has 0 spiro atoms. The molecule has 0 aliphatic heterocycles. The van der Waals surface area contributed by atoms with Crippen LogP contribution in [0.2, 0.25) is 0 Å². The molecule has 0 radical (unpaired) electrons. The summed E-state index contributed by atoms with van der Waals surface area (Å²) < 4.78 is 0. The van der Waals surface area contributed by atoms with Gasteiger partial charge in [0.25, 0.3) is 0 Å². The van der Waals surface area contributed by atoms with Gasteiger partial charge in [-0.3, -0.25) is 0 Å². The summed E-state index contributed by atoms with van der Waals surface area (Å²) >= 11 is 4.08. The highest BCUT2D eigenvalue weighted by molar-refractivity contribution is 6.59. The first-order chi connectivity index (χ1) is 6.52. The summed E-state index contributed by atoms with van der Waals surface area (Å²) in [5, 5.41) is 20.7. The lowest BCUT2D eigenvalue weighted by molar-refractivity contribution is -0.242. The molecule has 0 fully saturated rings. The van der Waals surface area contributed by atoms with Crippen LogP contribution in [0.4, 0.5) is 15.3 Å². The molecule has 0 atom stereocenters. The molecule has 0 aliphatic carbocycles. The van der Waals surface area contributed by atoms with Crippen LogP contribution in [0.15, 0.2) is 30.3 Å². The molecule has 1 N–H and O–H groups in total. The molecule has 0 aliphatic rings. The van der Waals surface area contributed by atoms with E-state index in [9.17, 15) is 9.90 Å². The highest BCUT2D eigenvalue weighted by atomic mass is 35.5. The average Bonchev–Trinajstić information content (AvgIpc) is 2.03. The Balaban J connectivity index is 0.000000364. The van der Waals surface area contributed by atoms with Crippen LogP contribution in [0.25, 0.3) is 0 Å². The normalized spacial score (nSPS) is 8.07. The van der Waals surface area contributed by atoms with E-state index in [0.29, 0.717) is 5.69 Å². The predicted molar refractivity (Wildman–Crippen MR) is 46.7 cm³/mol. The third-order valence-corrected chi connectivity index (χ3v) is 1.02. The molecular weight excluding hydrogens is 210 g/mol. The zero-order valence-corrected chi connectivity index (χ0v) is 7.65. The van der Waals surface area contributed by atoms with Gasteiger partial charge in [0.1, 0.15) is 11.5 Å². The van der Waals surface area contributed by atoms with Crippen molar-refractivity contribution in [2.24, 2.45) is 0 Å². The number of carboxylic acid groups (broad SMARTS) is 2. The van der Waals surface area contributed by atoms with Crippen LogP contribution in [0.5, 0.6) is 0 Å². The lowest BCUT2D eigenvalue weighted by atomic mass is 10.3. The predicted octanol–water partition coefficient (Wildman–Crippen LogP) is 0.0103. The molecule has 6 heteroatoms. The van der Waals surface area contributed by atoms with Crippen molar-refractivity contribution in [3.63, 3.8) is 0 Å². The monoisotopic (exact) mass is 215 g/mol. The third-order valence-electron chi connectivity index (χ3n) is 1.02. The van der Waals surface area contributed by atoms with E-state index >= 15 is 0 Å².